The van der Waals surface area contributed by atoms with E-state index in [9.17, 15) is 9.59 Å². The van der Waals surface area contributed by atoms with Gasteiger partial charge in [-0.15, -0.1) is 0 Å². The van der Waals surface area contributed by atoms with E-state index in [0.29, 0.717) is 17.0 Å². The molecular formula is C25H33N3O3. The van der Waals surface area contributed by atoms with Gasteiger partial charge < -0.3 is 10.1 Å². The SMILES string of the molecule is C=CC(=O)N(c1ccc(C(C)(C)C)cc1)C(C(=O)NC(C)(C)C)c1cncc(OC)c1. The summed E-state index contributed by atoms with van der Waals surface area (Å²) < 4.78 is 5.29. The smallest absolute Gasteiger partial charge is 0.251 e. The monoisotopic (exact) mass is 423 g/mol. The fraction of sp³-hybridized carbons (Fsp3) is 0.400. The minimum Gasteiger partial charge on any atom is -0.495 e. The number of nitrogens with one attached hydrogen (secondary N) is 1. The number of carbonyl (C=O) groups excluding carboxylic acids is 2. The highest BCUT2D eigenvalue weighted by molar-refractivity contribution is 6.06. The number of carbonyl (C=O) groups is 2. The van der Waals surface area contributed by atoms with Gasteiger partial charge in [0.15, 0.2) is 0 Å². The highest BCUT2D eigenvalue weighted by Gasteiger charge is 2.34. The number of hydrogen-bond donors (Lipinski definition) is 1. The van der Waals surface area contributed by atoms with Crippen molar-refractivity contribution in [3.05, 3.63) is 66.5 Å². The number of benzene rings is 1. The molecule has 2 amide bonds. The van der Waals surface area contributed by atoms with Gasteiger partial charge in [0.1, 0.15) is 11.8 Å². The zero-order valence-electron chi connectivity index (χ0n) is 19.5. The van der Waals surface area contributed by atoms with Gasteiger partial charge >= 0.3 is 0 Å². The number of pyridine rings is 1. The van der Waals surface area contributed by atoms with Crippen LogP contribution in [-0.4, -0.2) is 29.4 Å². The fourth-order valence-corrected chi connectivity index (χ4v) is 3.18. The van der Waals surface area contributed by atoms with Crippen molar-refractivity contribution >= 4 is 17.5 Å². The molecule has 0 saturated carbocycles. The van der Waals surface area contributed by atoms with Gasteiger partial charge in [-0.3, -0.25) is 19.5 Å². The van der Waals surface area contributed by atoms with Crippen molar-refractivity contribution < 1.29 is 14.3 Å². The first kappa shape index (κ1) is 24.1. The molecule has 6 nitrogen and oxygen atoms in total. The predicted molar refractivity (Wildman–Crippen MR) is 124 cm³/mol. The maximum Gasteiger partial charge on any atom is 0.251 e. The van der Waals surface area contributed by atoms with Crippen LogP contribution in [0.4, 0.5) is 5.69 Å². The second-order valence-corrected chi connectivity index (χ2v) is 9.51. The molecule has 31 heavy (non-hydrogen) atoms. The third-order valence-electron chi connectivity index (χ3n) is 4.71. The molecule has 166 valence electrons. The molecule has 1 atom stereocenters. The average molecular weight is 424 g/mol. The minimum atomic E-state index is -0.951. The van der Waals surface area contributed by atoms with Crippen molar-refractivity contribution in [2.24, 2.45) is 0 Å². The highest BCUT2D eigenvalue weighted by atomic mass is 16.5. The molecule has 6 heteroatoms. The third-order valence-corrected chi connectivity index (χ3v) is 4.71. The first-order chi connectivity index (χ1) is 14.4. The first-order valence-corrected chi connectivity index (χ1v) is 10.2. The number of ether oxygens (including phenoxy) is 1. The molecule has 0 aliphatic rings. The summed E-state index contributed by atoms with van der Waals surface area (Å²) in [5.74, 6) is -0.210. The lowest BCUT2D eigenvalue weighted by molar-refractivity contribution is -0.126. The van der Waals surface area contributed by atoms with Crippen LogP contribution in [0, 0.1) is 0 Å². The van der Waals surface area contributed by atoms with Crippen LogP contribution in [0.1, 0.15) is 58.7 Å². The van der Waals surface area contributed by atoms with E-state index in [4.69, 9.17) is 4.74 Å². The van der Waals surface area contributed by atoms with Crippen molar-refractivity contribution in [1.29, 1.82) is 0 Å². The van der Waals surface area contributed by atoms with Gasteiger partial charge in [0.05, 0.1) is 13.3 Å². The molecule has 1 aromatic heterocycles. The van der Waals surface area contributed by atoms with Crippen LogP contribution in [0.15, 0.2) is 55.4 Å². The van der Waals surface area contributed by atoms with Gasteiger partial charge in [0.2, 0.25) is 5.91 Å². The number of rotatable bonds is 6. The number of anilines is 1. The van der Waals surface area contributed by atoms with Gasteiger partial charge in [0, 0.05) is 23.0 Å². The summed E-state index contributed by atoms with van der Waals surface area (Å²) in [6.45, 7) is 15.7. The molecule has 0 bridgehead atoms. The summed E-state index contributed by atoms with van der Waals surface area (Å²) in [5.41, 5.74) is 1.73. The molecule has 0 aliphatic carbocycles. The van der Waals surface area contributed by atoms with E-state index in [2.05, 4.69) is 37.7 Å². The largest absolute Gasteiger partial charge is 0.495 e. The minimum absolute atomic E-state index is 0.0362. The Morgan fingerprint density at radius 2 is 1.71 bits per heavy atom. The van der Waals surface area contributed by atoms with Crippen molar-refractivity contribution in [3.8, 4) is 5.75 Å². The standard InChI is InChI=1S/C25H33N3O3/c1-9-21(29)28(19-12-10-18(11-13-19)24(2,3)4)22(23(30)27-25(5,6)7)17-14-20(31-8)16-26-15-17/h9-16,22H,1H2,2-8H3,(H,27,30). The second kappa shape index (κ2) is 9.33. The number of hydrogen-bond acceptors (Lipinski definition) is 4. The van der Waals surface area contributed by atoms with Gasteiger partial charge in [-0.1, -0.05) is 39.5 Å². The molecule has 0 radical (unpaired) electrons. The first-order valence-electron chi connectivity index (χ1n) is 10.2. The normalized spacial score (nSPS) is 12.6. The molecule has 1 N–H and O–H groups in total. The van der Waals surface area contributed by atoms with Gasteiger partial charge in [-0.2, -0.15) is 0 Å². The Morgan fingerprint density at radius 3 is 2.19 bits per heavy atom. The Balaban J connectivity index is 2.65. The van der Waals surface area contributed by atoms with E-state index >= 15 is 0 Å². The van der Waals surface area contributed by atoms with E-state index in [0.717, 1.165) is 5.56 Å². The molecule has 0 saturated heterocycles. The van der Waals surface area contributed by atoms with Crippen LogP contribution in [0.5, 0.6) is 5.75 Å². The molecule has 0 spiro atoms. The molecule has 1 heterocycles. The Hall–Kier alpha value is -3.15. The van der Waals surface area contributed by atoms with E-state index in [1.807, 2.05) is 45.0 Å². The predicted octanol–water partition coefficient (Wildman–Crippen LogP) is 4.56. The topological polar surface area (TPSA) is 71.5 Å². The molecule has 0 fully saturated rings. The lowest BCUT2D eigenvalue weighted by atomic mass is 9.87. The summed E-state index contributed by atoms with van der Waals surface area (Å²) in [4.78, 5) is 32.1. The summed E-state index contributed by atoms with van der Waals surface area (Å²) >= 11 is 0. The number of amides is 2. The van der Waals surface area contributed by atoms with Gasteiger partial charge in [-0.05, 0) is 56.0 Å². The summed E-state index contributed by atoms with van der Waals surface area (Å²) in [5, 5.41) is 2.98. The van der Waals surface area contributed by atoms with Crippen LogP contribution in [0.3, 0.4) is 0 Å². The van der Waals surface area contributed by atoms with Crippen LogP contribution < -0.4 is 15.0 Å². The summed E-state index contributed by atoms with van der Waals surface area (Å²) in [6, 6.07) is 8.42. The van der Waals surface area contributed by atoms with Crippen LogP contribution in [-0.2, 0) is 15.0 Å². The van der Waals surface area contributed by atoms with Crippen LogP contribution >= 0.6 is 0 Å². The Morgan fingerprint density at radius 1 is 1.10 bits per heavy atom. The highest BCUT2D eigenvalue weighted by Crippen LogP contribution is 2.32. The third kappa shape index (κ3) is 6.17. The maximum atomic E-state index is 13.4. The van der Waals surface area contributed by atoms with E-state index in [1.165, 1.54) is 18.1 Å². The lowest BCUT2D eigenvalue weighted by Crippen LogP contribution is -2.49. The zero-order chi connectivity index (χ0) is 23.4. The molecule has 1 aromatic carbocycles. The molecule has 2 rings (SSSR count). The zero-order valence-corrected chi connectivity index (χ0v) is 19.5. The van der Waals surface area contributed by atoms with Crippen molar-refractivity contribution in [3.63, 3.8) is 0 Å². The molecule has 1 unspecified atom stereocenters. The number of nitrogens with zero attached hydrogens (tertiary/aromatic N) is 2. The molecular weight excluding hydrogens is 390 g/mol. The number of aromatic nitrogens is 1. The van der Waals surface area contributed by atoms with Crippen molar-refractivity contribution in [1.82, 2.24) is 10.3 Å². The Bertz CT molecular complexity index is 938. The Labute approximate surface area is 185 Å². The average Bonchev–Trinajstić information content (AvgIpc) is 2.69. The van der Waals surface area contributed by atoms with Crippen LogP contribution in [0.2, 0.25) is 0 Å². The lowest BCUT2D eigenvalue weighted by Gasteiger charge is -2.33. The van der Waals surface area contributed by atoms with Gasteiger partial charge in [-0.25, -0.2) is 0 Å². The van der Waals surface area contributed by atoms with Crippen molar-refractivity contribution in [2.75, 3.05) is 12.0 Å². The summed E-state index contributed by atoms with van der Waals surface area (Å²) in [7, 11) is 1.53. The van der Waals surface area contributed by atoms with Gasteiger partial charge in [0.25, 0.3) is 5.91 Å². The second-order valence-electron chi connectivity index (χ2n) is 9.51. The Kier molecular flexibility index (Phi) is 7.26. The van der Waals surface area contributed by atoms with E-state index in [-0.39, 0.29) is 17.2 Å². The van der Waals surface area contributed by atoms with E-state index < -0.39 is 11.6 Å². The van der Waals surface area contributed by atoms with E-state index in [1.54, 1.807) is 18.5 Å². The molecule has 0 aliphatic heterocycles. The number of methoxy groups -OCH3 is 1. The van der Waals surface area contributed by atoms with Crippen LogP contribution in [0.25, 0.3) is 0 Å². The maximum absolute atomic E-state index is 13.4. The fourth-order valence-electron chi connectivity index (χ4n) is 3.18. The molecule has 2 aromatic rings. The quantitative estimate of drug-likeness (QED) is 0.691. The van der Waals surface area contributed by atoms with Crippen molar-refractivity contribution in [2.45, 2.75) is 58.5 Å². The summed E-state index contributed by atoms with van der Waals surface area (Å²) in [6.07, 6.45) is 4.34.